The first-order chi connectivity index (χ1) is 12.3. The maximum absolute atomic E-state index is 12.4. The summed E-state index contributed by atoms with van der Waals surface area (Å²) >= 11 is 0. The minimum atomic E-state index is -0.782. The fourth-order valence-electron chi connectivity index (χ4n) is 2.09. The fourth-order valence-corrected chi connectivity index (χ4v) is 2.09. The van der Waals surface area contributed by atoms with Crippen LogP contribution in [-0.4, -0.2) is 40.3 Å². The summed E-state index contributed by atoms with van der Waals surface area (Å²) < 4.78 is 9.95. The van der Waals surface area contributed by atoms with Gasteiger partial charge in [-0.15, -0.1) is 0 Å². The van der Waals surface area contributed by atoms with Crippen LogP contribution < -0.4 is 4.74 Å². The van der Waals surface area contributed by atoms with Crippen molar-refractivity contribution in [3.8, 4) is 23.0 Å². The first-order valence-electron chi connectivity index (χ1n) is 7.66. The topological polar surface area (TPSA) is 113 Å². The Balaban J connectivity index is 2.16. The van der Waals surface area contributed by atoms with Crippen molar-refractivity contribution in [1.29, 1.82) is 0 Å². The second-order valence-corrected chi connectivity index (χ2v) is 5.43. The first-order valence-corrected chi connectivity index (χ1v) is 7.66. The summed E-state index contributed by atoms with van der Waals surface area (Å²) in [6.07, 6.45) is 0. The van der Waals surface area contributed by atoms with Crippen LogP contribution in [0.2, 0.25) is 0 Å². The number of ketones is 1. The van der Waals surface area contributed by atoms with Crippen LogP contribution in [0.3, 0.4) is 0 Å². The third kappa shape index (κ3) is 4.13. The summed E-state index contributed by atoms with van der Waals surface area (Å²) in [7, 11) is 0. The molecule has 0 heterocycles. The number of carbonyl (C=O) groups excluding carboxylic acids is 2. The monoisotopic (exact) mass is 358 g/mol. The molecule has 2 rings (SSSR count). The van der Waals surface area contributed by atoms with Crippen LogP contribution in [0.1, 0.15) is 22.8 Å². The number of benzene rings is 2. The molecule has 0 saturated heterocycles. The fraction of sp³-hybridized carbons (Fsp3) is 0.158. The number of ether oxygens (including phenoxy) is 2. The quantitative estimate of drug-likeness (QED) is 0.174. The molecule has 0 radical (unpaired) electrons. The molecule has 3 N–H and O–H groups in total. The lowest BCUT2D eigenvalue weighted by atomic mass is 10.0. The Morgan fingerprint density at radius 3 is 2.31 bits per heavy atom. The standard InChI is InChI=1S/C19H18O7/c1-11(2)19(24)26-9-8-25-18-14(20)10-13(16(22)17(18)23)15(21)12-6-4-3-5-7-12/h3-7,10,20,22-23H,1,8-9H2,2H3. The van der Waals surface area contributed by atoms with Gasteiger partial charge >= 0.3 is 5.97 Å². The summed E-state index contributed by atoms with van der Waals surface area (Å²) in [5.74, 6) is -3.63. The minimum absolute atomic E-state index is 0.157. The van der Waals surface area contributed by atoms with E-state index >= 15 is 0 Å². The van der Waals surface area contributed by atoms with E-state index in [2.05, 4.69) is 6.58 Å². The lowest BCUT2D eigenvalue weighted by molar-refractivity contribution is -0.139. The number of phenols is 3. The van der Waals surface area contributed by atoms with Crippen LogP contribution in [0.4, 0.5) is 0 Å². The van der Waals surface area contributed by atoms with Crippen molar-refractivity contribution in [1.82, 2.24) is 0 Å². The lowest BCUT2D eigenvalue weighted by Gasteiger charge is -2.13. The molecule has 0 aliphatic carbocycles. The van der Waals surface area contributed by atoms with Crippen molar-refractivity contribution in [2.45, 2.75) is 6.92 Å². The molecule has 0 fully saturated rings. The Morgan fingerprint density at radius 2 is 1.69 bits per heavy atom. The Hall–Kier alpha value is -3.48. The highest BCUT2D eigenvalue weighted by Gasteiger charge is 2.23. The average molecular weight is 358 g/mol. The molecule has 0 amide bonds. The minimum Gasteiger partial charge on any atom is -0.504 e. The Morgan fingerprint density at radius 1 is 1.04 bits per heavy atom. The zero-order valence-electron chi connectivity index (χ0n) is 14.1. The van der Waals surface area contributed by atoms with Crippen molar-refractivity contribution in [2.75, 3.05) is 13.2 Å². The molecule has 0 saturated carbocycles. The molecular formula is C19H18O7. The van der Waals surface area contributed by atoms with E-state index in [0.717, 1.165) is 6.07 Å². The summed E-state index contributed by atoms with van der Waals surface area (Å²) in [5, 5.41) is 30.2. The average Bonchev–Trinajstić information content (AvgIpc) is 2.63. The third-order valence-corrected chi connectivity index (χ3v) is 3.40. The summed E-state index contributed by atoms with van der Waals surface area (Å²) in [6, 6.07) is 9.09. The second kappa shape index (κ2) is 8.06. The zero-order chi connectivity index (χ0) is 19.3. The van der Waals surface area contributed by atoms with Gasteiger partial charge in [-0.05, 0) is 13.0 Å². The molecule has 2 aromatic rings. The Bertz CT molecular complexity index is 841. The number of phenolic OH excluding ortho intramolecular Hbond substituents is 3. The van der Waals surface area contributed by atoms with E-state index in [4.69, 9.17) is 9.47 Å². The molecule has 0 bridgehead atoms. The molecule has 2 aromatic carbocycles. The zero-order valence-corrected chi connectivity index (χ0v) is 14.1. The predicted octanol–water partition coefficient (Wildman–Crippen LogP) is 2.53. The molecule has 7 nitrogen and oxygen atoms in total. The number of esters is 1. The predicted molar refractivity (Wildman–Crippen MR) is 92.6 cm³/mol. The van der Waals surface area contributed by atoms with Crippen LogP contribution in [0.15, 0.2) is 48.6 Å². The highest BCUT2D eigenvalue weighted by atomic mass is 16.6. The van der Waals surface area contributed by atoms with Crippen molar-refractivity contribution in [2.24, 2.45) is 0 Å². The number of hydrogen-bond acceptors (Lipinski definition) is 7. The lowest BCUT2D eigenvalue weighted by Crippen LogP contribution is -2.12. The van der Waals surface area contributed by atoms with Gasteiger partial charge in [0.05, 0.1) is 5.56 Å². The smallest absolute Gasteiger partial charge is 0.333 e. The van der Waals surface area contributed by atoms with Crippen molar-refractivity contribution in [3.05, 3.63) is 59.7 Å². The van der Waals surface area contributed by atoms with Crippen LogP contribution >= 0.6 is 0 Å². The van der Waals surface area contributed by atoms with Gasteiger partial charge in [-0.3, -0.25) is 4.79 Å². The summed E-state index contributed by atoms with van der Waals surface area (Å²) in [4.78, 5) is 23.6. The van der Waals surface area contributed by atoms with Crippen molar-refractivity contribution >= 4 is 11.8 Å². The number of hydrogen-bond donors (Lipinski definition) is 3. The highest BCUT2D eigenvalue weighted by molar-refractivity contribution is 6.11. The van der Waals surface area contributed by atoms with E-state index in [0.29, 0.717) is 0 Å². The van der Waals surface area contributed by atoms with Gasteiger partial charge in [0.1, 0.15) is 13.2 Å². The highest BCUT2D eigenvalue weighted by Crippen LogP contribution is 2.45. The van der Waals surface area contributed by atoms with Crippen LogP contribution in [0.5, 0.6) is 23.0 Å². The Kier molecular flexibility index (Phi) is 5.85. The van der Waals surface area contributed by atoms with Crippen LogP contribution in [0.25, 0.3) is 0 Å². The maximum atomic E-state index is 12.4. The number of aromatic hydroxyl groups is 3. The maximum Gasteiger partial charge on any atom is 0.333 e. The van der Waals surface area contributed by atoms with E-state index < -0.39 is 34.8 Å². The van der Waals surface area contributed by atoms with E-state index in [9.17, 15) is 24.9 Å². The third-order valence-electron chi connectivity index (χ3n) is 3.40. The van der Waals surface area contributed by atoms with Gasteiger partial charge in [-0.1, -0.05) is 36.9 Å². The van der Waals surface area contributed by atoms with E-state index in [1.165, 1.54) is 19.1 Å². The molecule has 0 aromatic heterocycles. The van der Waals surface area contributed by atoms with Crippen molar-refractivity contribution < 1.29 is 34.4 Å². The largest absolute Gasteiger partial charge is 0.504 e. The van der Waals surface area contributed by atoms with E-state index in [-0.39, 0.29) is 29.9 Å². The Labute approximate surface area is 149 Å². The van der Waals surface area contributed by atoms with Gasteiger partial charge in [-0.25, -0.2) is 4.79 Å². The van der Waals surface area contributed by atoms with Gasteiger partial charge in [0.15, 0.2) is 17.3 Å². The summed E-state index contributed by atoms with van der Waals surface area (Å²) in [5.41, 5.74) is 0.228. The molecular weight excluding hydrogens is 340 g/mol. The van der Waals surface area contributed by atoms with Gasteiger partial charge in [0.25, 0.3) is 0 Å². The molecule has 0 unspecified atom stereocenters. The van der Waals surface area contributed by atoms with Crippen LogP contribution in [-0.2, 0) is 9.53 Å². The van der Waals surface area contributed by atoms with Gasteiger partial charge in [0, 0.05) is 11.1 Å². The SMILES string of the molecule is C=C(C)C(=O)OCCOc1c(O)cc(C(=O)c2ccccc2)c(O)c1O. The summed E-state index contributed by atoms with van der Waals surface area (Å²) in [6.45, 7) is 4.56. The molecule has 136 valence electrons. The normalized spacial score (nSPS) is 10.2. The molecule has 0 atom stereocenters. The van der Waals surface area contributed by atoms with Gasteiger partial charge in [0.2, 0.25) is 11.5 Å². The number of rotatable bonds is 7. The molecule has 7 heteroatoms. The molecule has 0 aliphatic rings. The molecule has 26 heavy (non-hydrogen) atoms. The van der Waals surface area contributed by atoms with Gasteiger partial charge < -0.3 is 24.8 Å². The van der Waals surface area contributed by atoms with E-state index in [1.54, 1.807) is 18.2 Å². The first kappa shape index (κ1) is 18.9. The second-order valence-electron chi connectivity index (χ2n) is 5.43. The van der Waals surface area contributed by atoms with E-state index in [1.807, 2.05) is 0 Å². The van der Waals surface area contributed by atoms with Crippen LogP contribution in [0, 0.1) is 0 Å². The number of carbonyl (C=O) groups is 2. The molecule has 0 spiro atoms. The van der Waals surface area contributed by atoms with Crippen molar-refractivity contribution in [3.63, 3.8) is 0 Å². The molecule has 0 aliphatic heterocycles. The van der Waals surface area contributed by atoms with Gasteiger partial charge in [-0.2, -0.15) is 0 Å².